The lowest BCUT2D eigenvalue weighted by atomic mass is 10.0. The summed E-state index contributed by atoms with van der Waals surface area (Å²) in [5, 5.41) is 17.2. The predicted octanol–water partition coefficient (Wildman–Crippen LogP) is 3.68. The maximum Gasteiger partial charge on any atom is 0.305 e. The normalized spacial score (nSPS) is 11.4. The van der Waals surface area contributed by atoms with E-state index in [4.69, 9.17) is 67.1 Å². The number of carbonyl (C=O) groups is 2. The van der Waals surface area contributed by atoms with Crippen LogP contribution in [0.1, 0.15) is 89.9 Å². The van der Waals surface area contributed by atoms with Crippen LogP contribution in [0.3, 0.4) is 0 Å². The molecule has 0 bridgehead atoms. The first-order valence-electron chi connectivity index (χ1n) is 21.0. The molecule has 16 heteroatoms. The number of esters is 2. The van der Waals surface area contributed by atoms with Gasteiger partial charge in [-0.15, -0.1) is 0 Å². The molecule has 0 aliphatic rings. The van der Waals surface area contributed by atoms with Gasteiger partial charge in [0.15, 0.2) is 0 Å². The van der Waals surface area contributed by atoms with Crippen LogP contribution >= 0.6 is 0 Å². The second-order valence-electron chi connectivity index (χ2n) is 12.8. The van der Waals surface area contributed by atoms with Gasteiger partial charge in [-0.3, -0.25) is 9.59 Å². The summed E-state index contributed by atoms with van der Waals surface area (Å²) in [6.45, 7) is 9.43. The fourth-order valence-corrected chi connectivity index (χ4v) is 4.97. The van der Waals surface area contributed by atoms with E-state index in [1.807, 2.05) is 0 Å². The quantitative estimate of drug-likeness (QED) is 0.0669. The minimum atomic E-state index is -0.166. The first kappa shape index (κ1) is 54.5. The third-order valence-electron chi connectivity index (χ3n) is 7.94. The lowest BCUT2D eigenvalue weighted by molar-refractivity contribution is -0.146. The number of aliphatic hydroxyl groups is 2. The number of hydrogen-bond acceptors (Lipinski definition) is 16. The minimum absolute atomic E-state index is 0.0162. The zero-order valence-electron chi connectivity index (χ0n) is 34.5. The predicted molar refractivity (Wildman–Crippen MR) is 209 cm³/mol. The van der Waals surface area contributed by atoms with E-state index in [0.29, 0.717) is 145 Å². The van der Waals surface area contributed by atoms with Gasteiger partial charge in [-0.25, -0.2) is 0 Å². The highest BCUT2D eigenvalue weighted by atomic mass is 16.6. The Bertz CT molecular complexity index is 717. The summed E-state index contributed by atoms with van der Waals surface area (Å²) in [5.41, 5.74) is 0. The molecular formula is C40H78O16. The Morgan fingerprint density at radius 1 is 0.250 bits per heavy atom. The Morgan fingerprint density at radius 2 is 0.429 bits per heavy atom. The maximum atomic E-state index is 11.9. The molecule has 0 aliphatic carbocycles. The van der Waals surface area contributed by atoms with Crippen LogP contribution in [0, 0.1) is 0 Å². The van der Waals surface area contributed by atoms with Gasteiger partial charge in [-0.2, -0.15) is 0 Å². The van der Waals surface area contributed by atoms with Gasteiger partial charge in [-0.1, -0.05) is 64.2 Å². The third kappa shape index (κ3) is 48.6. The lowest BCUT2D eigenvalue weighted by Gasteiger charge is -2.08. The van der Waals surface area contributed by atoms with Gasteiger partial charge < -0.3 is 67.1 Å². The van der Waals surface area contributed by atoms with Crippen molar-refractivity contribution in [1.82, 2.24) is 0 Å². The van der Waals surface area contributed by atoms with Crippen molar-refractivity contribution >= 4 is 11.9 Å². The Morgan fingerprint density at radius 3 is 0.643 bits per heavy atom. The topological polar surface area (TPSA) is 185 Å². The second-order valence-corrected chi connectivity index (χ2v) is 12.8. The molecule has 0 amide bonds. The maximum absolute atomic E-state index is 11.9. The number of rotatable bonds is 49. The van der Waals surface area contributed by atoms with Crippen LogP contribution in [0.15, 0.2) is 0 Å². The number of ether oxygens (including phenoxy) is 12. The molecule has 16 nitrogen and oxygen atoms in total. The molecular weight excluding hydrogens is 736 g/mol. The van der Waals surface area contributed by atoms with Crippen molar-refractivity contribution < 1.29 is 76.6 Å². The van der Waals surface area contributed by atoms with Crippen LogP contribution in [-0.4, -0.2) is 181 Å². The average molecular weight is 815 g/mol. The Labute approximate surface area is 336 Å². The molecule has 0 spiro atoms. The minimum Gasteiger partial charge on any atom is -0.463 e. The zero-order chi connectivity index (χ0) is 40.5. The van der Waals surface area contributed by atoms with E-state index >= 15 is 0 Å². The van der Waals surface area contributed by atoms with Crippen LogP contribution in [0.4, 0.5) is 0 Å². The monoisotopic (exact) mass is 815 g/mol. The second kappa shape index (κ2) is 49.6. The van der Waals surface area contributed by atoms with Gasteiger partial charge >= 0.3 is 11.9 Å². The average Bonchev–Trinajstić information content (AvgIpc) is 3.20. The third-order valence-corrected chi connectivity index (χ3v) is 7.94. The zero-order valence-corrected chi connectivity index (χ0v) is 34.5. The summed E-state index contributed by atoms with van der Waals surface area (Å²) in [7, 11) is 0. The van der Waals surface area contributed by atoms with E-state index in [-0.39, 0.29) is 38.4 Å². The van der Waals surface area contributed by atoms with Crippen LogP contribution in [0.25, 0.3) is 0 Å². The van der Waals surface area contributed by atoms with E-state index < -0.39 is 0 Å². The Balaban J connectivity index is 3.21. The fourth-order valence-electron chi connectivity index (χ4n) is 4.97. The first-order chi connectivity index (χ1) is 27.7. The smallest absolute Gasteiger partial charge is 0.305 e. The molecule has 56 heavy (non-hydrogen) atoms. The SMILES string of the molecule is O=C(CCCCCCCCCCCCCCC(=O)OCCOCCOCCOCCOCCOCCO)OCCOCCOCCOCCOCCOCCO. The number of aliphatic hydroxyl groups excluding tert-OH is 2. The molecule has 0 atom stereocenters. The van der Waals surface area contributed by atoms with Crippen molar-refractivity contribution in [2.75, 3.05) is 159 Å². The van der Waals surface area contributed by atoms with E-state index in [1.54, 1.807) is 0 Å². The molecule has 0 aromatic heterocycles. The van der Waals surface area contributed by atoms with Crippen LogP contribution < -0.4 is 0 Å². The van der Waals surface area contributed by atoms with Gasteiger partial charge in [0.25, 0.3) is 0 Å². The summed E-state index contributed by atoms with van der Waals surface area (Å²) < 4.78 is 63.9. The summed E-state index contributed by atoms with van der Waals surface area (Å²) >= 11 is 0. The largest absolute Gasteiger partial charge is 0.463 e. The summed E-state index contributed by atoms with van der Waals surface area (Å²) in [5.74, 6) is -0.333. The molecule has 2 N–H and O–H groups in total. The molecule has 334 valence electrons. The van der Waals surface area contributed by atoms with E-state index in [9.17, 15) is 9.59 Å². The van der Waals surface area contributed by atoms with Gasteiger partial charge in [0, 0.05) is 12.8 Å². The molecule has 0 unspecified atom stereocenters. The number of hydrogen-bond donors (Lipinski definition) is 2. The highest BCUT2D eigenvalue weighted by molar-refractivity contribution is 5.69. The number of unbranched alkanes of at least 4 members (excludes halogenated alkanes) is 11. The molecule has 0 aromatic rings. The Kier molecular flexibility index (Phi) is 48.2. The van der Waals surface area contributed by atoms with Crippen molar-refractivity contribution in [2.24, 2.45) is 0 Å². The molecule has 0 rings (SSSR count). The van der Waals surface area contributed by atoms with Crippen molar-refractivity contribution in [3.63, 3.8) is 0 Å². The van der Waals surface area contributed by atoms with Crippen LogP contribution in [-0.2, 0) is 66.4 Å². The van der Waals surface area contributed by atoms with Gasteiger partial charge in [-0.05, 0) is 12.8 Å². The highest BCUT2D eigenvalue weighted by Crippen LogP contribution is 2.13. The molecule has 0 heterocycles. The fraction of sp³-hybridized carbons (Fsp3) is 0.950. The highest BCUT2D eigenvalue weighted by Gasteiger charge is 2.04. The van der Waals surface area contributed by atoms with Crippen molar-refractivity contribution in [3.05, 3.63) is 0 Å². The van der Waals surface area contributed by atoms with Gasteiger partial charge in [0.1, 0.15) is 13.2 Å². The molecule has 0 radical (unpaired) electrons. The summed E-state index contributed by atoms with van der Waals surface area (Å²) in [6, 6.07) is 0. The lowest BCUT2D eigenvalue weighted by Crippen LogP contribution is -2.15. The van der Waals surface area contributed by atoms with Crippen molar-refractivity contribution in [2.45, 2.75) is 89.9 Å². The molecule has 0 aromatic carbocycles. The van der Waals surface area contributed by atoms with E-state index in [0.717, 1.165) is 38.5 Å². The van der Waals surface area contributed by atoms with Crippen molar-refractivity contribution in [3.8, 4) is 0 Å². The molecule has 0 fully saturated rings. The van der Waals surface area contributed by atoms with Gasteiger partial charge in [0.2, 0.25) is 0 Å². The first-order valence-corrected chi connectivity index (χ1v) is 21.0. The number of carbonyl (C=O) groups excluding carboxylic acids is 2. The molecule has 0 aliphatic heterocycles. The van der Waals surface area contributed by atoms with E-state index in [2.05, 4.69) is 0 Å². The van der Waals surface area contributed by atoms with Crippen molar-refractivity contribution in [1.29, 1.82) is 0 Å². The molecule has 0 saturated carbocycles. The van der Waals surface area contributed by atoms with Crippen LogP contribution in [0.5, 0.6) is 0 Å². The van der Waals surface area contributed by atoms with Gasteiger partial charge in [0.05, 0.1) is 145 Å². The standard InChI is InChI=1S/C40H78O16/c41-15-17-45-19-21-47-23-25-49-27-29-51-31-33-53-35-37-55-39(43)13-11-9-7-5-3-1-2-4-6-8-10-12-14-40(44)56-38-36-54-34-32-52-30-28-50-26-24-48-22-20-46-18-16-42/h41-42H,1-38H2. The van der Waals surface area contributed by atoms with Crippen LogP contribution in [0.2, 0.25) is 0 Å². The Hall–Kier alpha value is -1.54. The van der Waals surface area contributed by atoms with E-state index in [1.165, 1.54) is 38.5 Å². The summed E-state index contributed by atoms with van der Waals surface area (Å²) in [6.07, 6.45) is 14.4. The summed E-state index contributed by atoms with van der Waals surface area (Å²) in [4.78, 5) is 23.8. The molecule has 0 saturated heterocycles.